The number of hydrogen-bond donors (Lipinski definition) is 2. The van der Waals surface area contributed by atoms with Gasteiger partial charge in [0.15, 0.2) is 4.34 Å². The first-order valence-electron chi connectivity index (χ1n) is 7.14. The van der Waals surface area contributed by atoms with Gasteiger partial charge >= 0.3 is 0 Å². The molecule has 0 aliphatic heterocycles. The van der Waals surface area contributed by atoms with Gasteiger partial charge in [-0.05, 0) is 19.1 Å². The Morgan fingerprint density at radius 2 is 2.29 bits per heavy atom. The Kier molecular flexibility index (Phi) is 5.21. The third kappa shape index (κ3) is 3.98. The van der Waals surface area contributed by atoms with Crippen molar-refractivity contribution in [3.05, 3.63) is 46.9 Å². The lowest BCUT2D eigenvalue weighted by Crippen LogP contribution is -2.25. The van der Waals surface area contributed by atoms with Gasteiger partial charge < -0.3 is 5.32 Å². The molecule has 6 nitrogen and oxygen atoms in total. The molecule has 2 aromatic heterocycles. The third-order valence-electron chi connectivity index (χ3n) is 3.12. The molecule has 0 atom stereocenters. The van der Waals surface area contributed by atoms with Crippen molar-refractivity contribution in [2.45, 2.75) is 11.3 Å². The van der Waals surface area contributed by atoms with Crippen LogP contribution in [0.3, 0.4) is 0 Å². The van der Waals surface area contributed by atoms with Crippen molar-refractivity contribution in [3.8, 4) is 11.3 Å². The fourth-order valence-corrected chi connectivity index (χ4v) is 3.80. The maximum atomic E-state index is 13.4. The first kappa shape index (κ1) is 16.6. The second-order valence-corrected chi connectivity index (χ2v) is 7.38. The van der Waals surface area contributed by atoms with Gasteiger partial charge in [0, 0.05) is 17.9 Å². The number of H-pyrrole nitrogens is 1. The summed E-state index contributed by atoms with van der Waals surface area (Å²) in [4.78, 5) is 12.3. The molecule has 3 aromatic rings. The zero-order chi connectivity index (χ0) is 16.9. The number of nitrogens with zero attached hydrogens (tertiary/aromatic N) is 3. The van der Waals surface area contributed by atoms with Crippen molar-refractivity contribution in [3.63, 3.8) is 0 Å². The minimum Gasteiger partial charge on any atom is -0.351 e. The fourth-order valence-electron chi connectivity index (χ4n) is 2.06. The molecule has 0 bridgehead atoms. The number of aromatic amines is 1. The second-order valence-electron chi connectivity index (χ2n) is 4.86. The number of amides is 1. The van der Waals surface area contributed by atoms with Gasteiger partial charge in [-0.1, -0.05) is 35.2 Å². The van der Waals surface area contributed by atoms with E-state index >= 15 is 0 Å². The lowest BCUT2D eigenvalue weighted by Gasteiger charge is -2.05. The van der Waals surface area contributed by atoms with E-state index < -0.39 is 0 Å². The van der Waals surface area contributed by atoms with Crippen LogP contribution in [0.1, 0.15) is 15.4 Å². The summed E-state index contributed by atoms with van der Waals surface area (Å²) in [7, 11) is 0. The molecule has 0 aliphatic carbocycles. The number of carbonyl (C=O) groups is 1. The Balaban J connectivity index is 1.59. The highest BCUT2D eigenvalue weighted by atomic mass is 32.2. The standard InChI is InChI=1S/C15H14FN5OS2/c1-9-19-21-15(24-9)23-6-5-17-14(22)12-8-18-20-13(12)10-3-2-4-11(16)7-10/h2-4,7-8H,5-6H2,1H3,(H,17,22)(H,18,20). The molecule has 0 saturated heterocycles. The second kappa shape index (κ2) is 7.54. The van der Waals surface area contributed by atoms with Crippen molar-refractivity contribution in [2.24, 2.45) is 0 Å². The van der Waals surface area contributed by atoms with Crippen LogP contribution in [0.25, 0.3) is 11.3 Å². The first-order valence-corrected chi connectivity index (χ1v) is 8.94. The molecule has 24 heavy (non-hydrogen) atoms. The maximum absolute atomic E-state index is 13.4. The monoisotopic (exact) mass is 363 g/mol. The van der Waals surface area contributed by atoms with Crippen LogP contribution in [0.4, 0.5) is 4.39 Å². The van der Waals surface area contributed by atoms with Crippen LogP contribution in [-0.4, -0.2) is 38.6 Å². The Bertz CT molecular complexity index is 848. The first-order chi connectivity index (χ1) is 11.6. The molecule has 0 fully saturated rings. The number of hydrogen-bond acceptors (Lipinski definition) is 6. The van der Waals surface area contributed by atoms with Crippen molar-refractivity contribution < 1.29 is 9.18 Å². The largest absolute Gasteiger partial charge is 0.351 e. The number of nitrogens with one attached hydrogen (secondary N) is 2. The summed E-state index contributed by atoms with van der Waals surface area (Å²) in [5.74, 6) is 0.0716. The molecule has 3 rings (SSSR count). The average molecular weight is 363 g/mol. The number of thioether (sulfide) groups is 1. The minimum absolute atomic E-state index is 0.253. The number of benzene rings is 1. The predicted molar refractivity (Wildman–Crippen MR) is 91.7 cm³/mol. The quantitative estimate of drug-likeness (QED) is 0.520. The molecule has 1 aromatic carbocycles. The number of halogens is 1. The van der Waals surface area contributed by atoms with Gasteiger partial charge in [0.1, 0.15) is 10.8 Å². The summed E-state index contributed by atoms with van der Waals surface area (Å²) in [6.45, 7) is 2.38. The smallest absolute Gasteiger partial charge is 0.255 e. The lowest BCUT2D eigenvalue weighted by atomic mass is 10.1. The molecule has 2 heterocycles. The summed E-state index contributed by atoms with van der Waals surface area (Å²) >= 11 is 3.06. The Morgan fingerprint density at radius 1 is 1.42 bits per heavy atom. The van der Waals surface area contributed by atoms with E-state index in [4.69, 9.17) is 0 Å². The summed E-state index contributed by atoms with van der Waals surface area (Å²) in [6.07, 6.45) is 1.44. The Labute approximate surface area is 145 Å². The van der Waals surface area contributed by atoms with Crippen LogP contribution >= 0.6 is 23.1 Å². The van der Waals surface area contributed by atoms with E-state index in [1.807, 2.05) is 6.92 Å². The fraction of sp³-hybridized carbons (Fsp3) is 0.200. The highest BCUT2D eigenvalue weighted by Gasteiger charge is 2.15. The van der Waals surface area contributed by atoms with Crippen LogP contribution in [-0.2, 0) is 0 Å². The molecule has 0 aliphatic rings. The summed E-state index contributed by atoms with van der Waals surface area (Å²) < 4.78 is 14.2. The summed E-state index contributed by atoms with van der Waals surface area (Å²) in [5.41, 5.74) is 1.47. The van der Waals surface area contributed by atoms with Crippen molar-refractivity contribution >= 4 is 29.0 Å². The summed E-state index contributed by atoms with van der Waals surface area (Å²) in [6, 6.07) is 6.03. The minimum atomic E-state index is -0.364. The normalized spacial score (nSPS) is 10.8. The van der Waals surface area contributed by atoms with E-state index in [2.05, 4.69) is 25.7 Å². The molecule has 9 heteroatoms. The van der Waals surface area contributed by atoms with E-state index in [1.165, 1.54) is 29.7 Å². The number of aryl methyl sites for hydroxylation is 1. The third-order valence-corrected chi connectivity index (χ3v) is 5.09. The Hall–Kier alpha value is -2.26. The van der Waals surface area contributed by atoms with Gasteiger partial charge in [-0.15, -0.1) is 10.2 Å². The number of aromatic nitrogens is 4. The summed E-state index contributed by atoms with van der Waals surface area (Å²) in [5, 5.41) is 18.3. The SMILES string of the molecule is Cc1nnc(SCCNC(=O)c2cn[nH]c2-c2cccc(F)c2)s1. The van der Waals surface area contributed by atoms with Gasteiger partial charge in [-0.25, -0.2) is 4.39 Å². The molecular weight excluding hydrogens is 349 g/mol. The molecule has 1 amide bonds. The van der Waals surface area contributed by atoms with Crippen molar-refractivity contribution in [2.75, 3.05) is 12.3 Å². The van der Waals surface area contributed by atoms with Gasteiger partial charge in [0.05, 0.1) is 17.5 Å². The van der Waals surface area contributed by atoms with Crippen LogP contribution in [0.15, 0.2) is 34.8 Å². The highest BCUT2D eigenvalue weighted by molar-refractivity contribution is 8.01. The van der Waals surface area contributed by atoms with E-state index in [9.17, 15) is 9.18 Å². The van der Waals surface area contributed by atoms with Crippen LogP contribution < -0.4 is 5.32 Å². The topological polar surface area (TPSA) is 83.6 Å². The van der Waals surface area contributed by atoms with Gasteiger partial charge in [-0.3, -0.25) is 9.89 Å². The van der Waals surface area contributed by atoms with Crippen LogP contribution in [0.5, 0.6) is 0 Å². The predicted octanol–water partition coefficient (Wildman–Crippen LogP) is 2.90. The average Bonchev–Trinajstić information content (AvgIpc) is 3.20. The highest BCUT2D eigenvalue weighted by Crippen LogP contribution is 2.22. The molecule has 0 spiro atoms. The zero-order valence-electron chi connectivity index (χ0n) is 12.7. The molecule has 0 saturated carbocycles. The van der Waals surface area contributed by atoms with E-state index in [1.54, 1.807) is 23.9 Å². The van der Waals surface area contributed by atoms with Crippen LogP contribution in [0, 0.1) is 12.7 Å². The zero-order valence-corrected chi connectivity index (χ0v) is 14.4. The van der Waals surface area contributed by atoms with Gasteiger partial charge in [0.2, 0.25) is 0 Å². The van der Waals surface area contributed by atoms with Crippen molar-refractivity contribution in [1.82, 2.24) is 25.7 Å². The molecule has 124 valence electrons. The molecular formula is C15H14FN5OS2. The van der Waals surface area contributed by atoms with E-state index in [0.29, 0.717) is 29.1 Å². The van der Waals surface area contributed by atoms with Crippen LogP contribution in [0.2, 0.25) is 0 Å². The van der Waals surface area contributed by atoms with Crippen molar-refractivity contribution in [1.29, 1.82) is 0 Å². The molecule has 2 N–H and O–H groups in total. The Morgan fingerprint density at radius 3 is 3.04 bits per heavy atom. The van der Waals surface area contributed by atoms with Gasteiger partial charge in [0.25, 0.3) is 5.91 Å². The molecule has 0 unspecified atom stereocenters. The number of carbonyl (C=O) groups excluding carboxylic acids is 1. The van der Waals surface area contributed by atoms with Gasteiger partial charge in [-0.2, -0.15) is 5.10 Å². The number of rotatable bonds is 6. The maximum Gasteiger partial charge on any atom is 0.255 e. The molecule has 0 radical (unpaired) electrons. The lowest BCUT2D eigenvalue weighted by molar-refractivity contribution is 0.0957. The van der Waals surface area contributed by atoms with E-state index in [0.717, 1.165) is 9.35 Å². The van der Waals surface area contributed by atoms with E-state index in [-0.39, 0.29) is 11.7 Å².